The van der Waals surface area contributed by atoms with E-state index in [1.807, 2.05) is 4.68 Å². The third-order valence-electron chi connectivity index (χ3n) is 5.81. The van der Waals surface area contributed by atoms with E-state index in [2.05, 4.69) is 53.4 Å². The minimum absolute atomic E-state index is 0.997. The Morgan fingerprint density at radius 1 is 1.00 bits per heavy atom. The molecule has 1 N–H and O–H groups in total. The number of aryl methyl sites for hydroxylation is 3. The van der Waals surface area contributed by atoms with E-state index in [1.165, 1.54) is 47.6 Å². The lowest BCUT2D eigenvalue weighted by Gasteiger charge is -2.36. The van der Waals surface area contributed by atoms with Crippen LogP contribution in [0.2, 0.25) is 0 Å². The average molecular weight is 354 g/mol. The van der Waals surface area contributed by atoms with E-state index in [-0.39, 0.29) is 0 Å². The number of benzene rings is 1. The highest BCUT2D eigenvalue weighted by molar-refractivity contribution is 5.49. The minimum Gasteiger partial charge on any atom is -0.369 e. The van der Waals surface area contributed by atoms with Gasteiger partial charge in [-0.1, -0.05) is 17.7 Å². The van der Waals surface area contributed by atoms with Crippen molar-refractivity contribution < 1.29 is 0 Å². The summed E-state index contributed by atoms with van der Waals surface area (Å²) in [6.07, 6.45) is 4.91. The third kappa shape index (κ3) is 3.73. The molecular formula is C21H31N5. The number of anilines is 2. The predicted molar refractivity (Wildman–Crippen MR) is 108 cm³/mol. The van der Waals surface area contributed by atoms with Crippen LogP contribution in [0.4, 0.5) is 11.5 Å². The zero-order chi connectivity index (χ0) is 17.9. The van der Waals surface area contributed by atoms with Gasteiger partial charge in [0.1, 0.15) is 5.82 Å². The van der Waals surface area contributed by atoms with Crippen LogP contribution in [-0.2, 0) is 19.9 Å². The standard InChI is InChI=1S/C21H31N5/c1-17-7-9-18(10-8-17)26-15-13-25(14-16-26)12-11-22-21-19-5-3-4-6-20(19)23-24(21)2/h7-10,22H,3-6,11-16H2,1-2H3. The van der Waals surface area contributed by atoms with Gasteiger partial charge in [-0.3, -0.25) is 9.58 Å². The molecule has 140 valence electrons. The molecule has 0 unspecified atom stereocenters. The summed E-state index contributed by atoms with van der Waals surface area (Å²) in [5.41, 5.74) is 5.46. The smallest absolute Gasteiger partial charge is 0.127 e. The fourth-order valence-corrected chi connectivity index (χ4v) is 4.22. The molecule has 5 nitrogen and oxygen atoms in total. The monoisotopic (exact) mass is 353 g/mol. The normalized spacial score (nSPS) is 18.0. The summed E-state index contributed by atoms with van der Waals surface area (Å²) in [5.74, 6) is 1.25. The van der Waals surface area contributed by atoms with E-state index in [0.29, 0.717) is 0 Å². The molecular weight excluding hydrogens is 322 g/mol. The van der Waals surface area contributed by atoms with Crippen molar-refractivity contribution in [2.24, 2.45) is 7.05 Å². The maximum absolute atomic E-state index is 4.70. The van der Waals surface area contributed by atoms with Crippen LogP contribution in [0.15, 0.2) is 24.3 Å². The molecule has 0 radical (unpaired) electrons. The summed E-state index contributed by atoms with van der Waals surface area (Å²) in [6, 6.07) is 8.91. The molecule has 2 aromatic rings. The zero-order valence-corrected chi connectivity index (χ0v) is 16.2. The van der Waals surface area contributed by atoms with Gasteiger partial charge in [0, 0.05) is 57.6 Å². The van der Waals surface area contributed by atoms with Gasteiger partial charge >= 0.3 is 0 Å². The number of nitrogens with one attached hydrogen (secondary N) is 1. The fraction of sp³-hybridized carbons (Fsp3) is 0.571. The zero-order valence-electron chi connectivity index (χ0n) is 16.2. The second-order valence-electron chi connectivity index (χ2n) is 7.70. The van der Waals surface area contributed by atoms with Crippen molar-refractivity contribution in [1.29, 1.82) is 0 Å². The number of aromatic nitrogens is 2. The van der Waals surface area contributed by atoms with Gasteiger partial charge in [-0.15, -0.1) is 0 Å². The quantitative estimate of drug-likeness (QED) is 0.897. The molecule has 1 aliphatic carbocycles. The summed E-state index contributed by atoms with van der Waals surface area (Å²) >= 11 is 0. The van der Waals surface area contributed by atoms with Crippen molar-refractivity contribution in [3.63, 3.8) is 0 Å². The lowest BCUT2D eigenvalue weighted by Crippen LogP contribution is -2.47. The fourth-order valence-electron chi connectivity index (χ4n) is 4.22. The first-order valence-electron chi connectivity index (χ1n) is 10.0. The molecule has 1 fully saturated rings. The molecule has 26 heavy (non-hydrogen) atoms. The highest BCUT2D eigenvalue weighted by atomic mass is 15.3. The molecule has 0 saturated carbocycles. The van der Waals surface area contributed by atoms with E-state index >= 15 is 0 Å². The van der Waals surface area contributed by atoms with Gasteiger partial charge in [-0.05, 0) is 44.7 Å². The first-order chi connectivity index (χ1) is 12.7. The summed E-state index contributed by atoms with van der Waals surface area (Å²) < 4.78 is 2.05. The van der Waals surface area contributed by atoms with Crippen LogP contribution >= 0.6 is 0 Å². The number of piperazine rings is 1. The summed E-state index contributed by atoms with van der Waals surface area (Å²) in [6.45, 7) is 8.75. The number of hydrogen-bond donors (Lipinski definition) is 1. The third-order valence-corrected chi connectivity index (χ3v) is 5.81. The molecule has 1 aliphatic heterocycles. The predicted octanol–water partition coefficient (Wildman–Crippen LogP) is 2.84. The Morgan fingerprint density at radius 2 is 1.73 bits per heavy atom. The van der Waals surface area contributed by atoms with E-state index in [0.717, 1.165) is 45.7 Å². The van der Waals surface area contributed by atoms with Crippen molar-refractivity contribution >= 4 is 11.5 Å². The maximum atomic E-state index is 4.70. The molecule has 0 spiro atoms. The first kappa shape index (κ1) is 17.4. The van der Waals surface area contributed by atoms with E-state index in [1.54, 1.807) is 0 Å². The van der Waals surface area contributed by atoms with Crippen molar-refractivity contribution in [2.45, 2.75) is 32.6 Å². The largest absolute Gasteiger partial charge is 0.369 e. The van der Waals surface area contributed by atoms with Gasteiger partial charge in [-0.25, -0.2) is 0 Å². The number of rotatable bonds is 5. The second kappa shape index (κ2) is 7.70. The van der Waals surface area contributed by atoms with Crippen LogP contribution in [0.5, 0.6) is 0 Å². The molecule has 0 atom stereocenters. The topological polar surface area (TPSA) is 36.3 Å². The highest BCUT2D eigenvalue weighted by Gasteiger charge is 2.20. The molecule has 1 aromatic heterocycles. The number of fused-ring (bicyclic) bond motifs is 1. The summed E-state index contributed by atoms with van der Waals surface area (Å²) in [5, 5.41) is 8.36. The summed E-state index contributed by atoms with van der Waals surface area (Å²) in [7, 11) is 2.07. The molecule has 2 aliphatic rings. The van der Waals surface area contributed by atoms with Gasteiger partial charge in [0.15, 0.2) is 0 Å². The SMILES string of the molecule is Cc1ccc(N2CCN(CCNc3c4c(nn3C)CCCC4)CC2)cc1. The molecule has 0 amide bonds. The Bertz CT molecular complexity index is 726. The number of nitrogens with zero attached hydrogens (tertiary/aromatic N) is 4. The van der Waals surface area contributed by atoms with Crippen LogP contribution in [0.25, 0.3) is 0 Å². The van der Waals surface area contributed by atoms with Gasteiger partial charge in [0.2, 0.25) is 0 Å². The Hall–Kier alpha value is -2.01. The van der Waals surface area contributed by atoms with E-state index < -0.39 is 0 Å². The van der Waals surface area contributed by atoms with Gasteiger partial charge in [-0.2, -0.15) is 5.10 Å². The summed E-state index contributed by atoms with van der Waals surface area (Å²) in [4.78, 5) is 5.07. The minimum atomic E-state index is 0.997. The van der Waals surface area contributed by atoms with Crippen LogP contribution in [-0.4, -0.2) is 53.9 Å². The molecule has 1 aromatic carbocycles. The van der Waals surface area contributed by atoms with Crippen LogP contribution < -0.4 is 10.2 Å². The molecule has 2 heterocycles. The van der Waals surface area contributed by atoms with Gasteiger partial charge < -0.3 is 10.2 Å². The van der Waals surface area contributed by atoms with Gasteiger partial charge in [0.05, 0.1) is 5.69 Å². The molecule has 0 bridgehead atoms. The van der Waals surface area contributed by atoms with Crippen LogP contribution in [0, 0.1) is 6.92 Å². The maximum Gasteiger partial charge on any atom is 0.127 e. The van der Waals surface area contributed by atoms with Crippen LogP contribution in [0.1, 0.15) is 29.7 Å². The Kier molecular flexibility index (Phi) is 5.16. The van der Waals surface area contributed by atoms with E-state index in [9.17, 15) is 0 Å². The molecule has 4 rings (SSSR count). The molecule has 1 saturated heterocycles. The molecule has 5 heteroatoms. The van der Waals surface area contributed by atoms with Crippen molar-refractivity contribution in [1.82, 2.24) is 14.7 Å². The Morgan fingerprint density at radius 3 is 2.50 bits per heavy atom. The number of hydrogen-bond acceptors (Lipinski definition) is 4. The Labute approximate surface area is 157 Å². The van der Waals surface area contributed by atoms with E-state index in [4.69, 9.17) is 5.10 Å². The lowest BCUT2D eigenvalue weighted by atomic mass is 9.97. The van der Waals surface area contributed by atoms with Gasteiger partial charge in [0.25, 0.3) is 0 Å². The van der Waals surface area contributed by atoms with Crippen molar-refractivity contribution in [3.8, 4) is 0 Å². The van der Waals surface area contributed by atoms with Crippen molar-refractivity contribution in [3.05, 3.63) is 41.1 Å². The van der Waals surface area contributed by atoms with Crippen molar-refractivity contribution in [2.75, 3.05) is 49.5 Å². The van der Waals surface area contributed by atoms with Crippen LogP contribution in [0.3, 0.4) is 0 Å². The first-order valence-corrected chi connectivity index (χ1v) is 10.0. The lowest BCUT2D eigenvalue weighted by molar-refractivity contribution is 0.267. The average Bonchev–Trinajstić information content (AvgIpc) is 2.99. The Balaban J connectivity index is 1.25. The second-order valence-corrected chi connectivity index (χ2v) is 7.70. The highest BCUT2D eigenvalue weighted by Crippen LogP contribution is 2.27.